The molecule has 8 heteroatoms. The molecule has 0 radical (unpaired) electrons. The Morgan fingerprint density at radius 2 is 1.76 bits per heavy atom. The second-order valence-electron chi connectivity index (χ2n) is 11.3. The van der Waals surface area contributed by atoms with E-state index in [1.54, 1.807) is 28.0 Å². The third-order valence-corrected chi connectivity index (χ3v) is 9.26. The third-order valence-electron chi connectivity index (χ3n) is 9.26. The van der Waals surface area contributed by atoms with Crippen molar-refractivity contribution < 1.29 is 14.3 Å². The largest absolute Gasteiger partial charge is 0.449 e. The quantitative estimate of drug-likeness (QED) is 0.747. The number of benzene rings is 1. The van der Waals surface area contributed by atoms with Crippen molar-refractivity contribution in [3.05, 3.63) is 35.5 Å². The van der Waals surface area contributed by atoms with Gasteiger partial charge in [0, 0.05) is 37.3 Å². The lowest BCUT2D eigenvalue weighted by Gasteiger charge is -2.54. The van der Waals surface area contributed by atoms with Crippen LogP contribution in [0.25, 0.3) is 11.0 Å². The van der Waals surface area contributed by atoms with E-state index >= 15 is 0 Å². The molecule has 0 spiro atoms. The summed E-state index contributed by atoms with van der Waals surface area (Å²) in [6.45, 7) is 2.31. The van der Waals surface area contributed by atoms with E-state index in [1.807, 2.05) is 6.20 Å². The first-order valence-corrected chi connectivity index (χ1v) is 12.8. The number of fused-ring (bicyclic) bond motifs is 2. The molecule has 2 aliphatic heterocycles. The van der Waals surface area contributed by atoms with Crippen molar-refractivity contribution in [1.29, 1.82) is 0 Å². The predicted octanol–water partition coefficient (Wildman–Crippen LogP) is 3.83. The van der Waals surface area contributed by atoms with Crippen LogP contribution in [0.2, 0.25) is 0 Å². The van der Waals surface area contributed by atoms with E-state index in [0.717, 1.165) is 47.1 Å². The number of amides is 2. The van der Waals surface area contributed by atoms with E-state index in [4.69, 9.17) is 4.74 Å². The molecular formula is C26H31N5O3. The third kappa shape index (κ3) is 3.41. The lowest BCUT2D eigenvalue weighted by Crippen LogP contribution is -2.45. The molecule has 8 nitrogen and oxygen atoms in total. The standard InChI is InChI=1S/C26H31N5O3/c32-25(17-1-2-23-24(10-17)28-29-27-23)30-11-20-13-31(14-21(20)12-30)26(33)34-4-3-22-18-6-15-5-16(8-18)9-19(22)7-15/h1-2,10-11,15-16,18-19,21-22H,3-9,12-14H2,(H,27,28,29)/t15?,16?,18?,19?,21-,22?/m0/s1. The first-order valence-electron chi connectivity index (χ1n) is 12.8. The number of hydrogen-bond acceptors (Lipinski definition) is 5. The maximum Gasteiger partial charge on any atom is 0.410 e. The molecule has 5 fully saturated rings. The number of ether oxygens (including phenoxy) is 1. The highest BCUT2D eigenvalue weighted by atomic mass is 16.6. The summed E-state index contributed by atoms with van der Waals surface area (Å²) in [4.78, 5) is 29.3. The van der Waals surface area contributed by atoms with Gasteiger partial charge in [-0.25, -0.2) is 4.79 Å². The van der Waals surface area contributed by atoms with Crippen LogP contribution in [0, 0.1) is 35.5 Å². The molecule has 6 aliphatic rings. The van der Waals surface area contributed by atoms with Crippen molar-refractivity contribution in [3.63, 3.8) is 0 Å². The van der Waals surface area contributed by atoms with Gasteiger partial charge in [-0.1, -0.05) is 0 Å². The normalized spacial score (nSPS) is 33.5. The lowest BCUT2D eigenvalue weighted by atomic mass is 9.51. The second kappa shape index (κ2) is 7.82. The van der Waals surface area contributed by atoms with Crippen LogP contribution in [0.5, 0.6) is 0 Å². The number of likely N-dealkylation sites (tertiary alicyclic amines) is 1. The molecule has 178 valence electrons. The topological polar surface area (TPSA) is 91.4 Å². The van der Waals surface area contributed by atoms with Gasteiger partial charge in [-0.05, 0) is 91.9 Å². The van der Waals surface area contributed by atoms with Crippen molar-refractivity contribution >= 4 is 23.0 Å². The maximum absolute atomic E-state index is 13.0. The average Bonchev–Trinajstić information content (AvgIpc) is 3.54. The summed E-state index contributed by atoms with van der Waals surface area (Å²) in [6.07, 6.45) is 9.86. The van der Waals surface area contributed by atoms with Crippen molar-refractivity contribution in [1.82, 2.24) is 25.2 Å². The summed E-state index contributed by atoms with van der Waals surface area (Å²) in [5.74, 6) is 4.62. The van der Waals surface area contributed by atoms with Crippen molar-refractivity contribution in [3.8, 4) is 0 Å². The number of rotatable bonds is 4. The summed E-state index contributed by atoms with van der Waals surface area (Å²) in [5, 5.41) is 10.7. The number of carbonyl (C=O) groups is 2. The first kappa shape index (κ1) is 20.5. The zero-order valence-corrected chi connectivity index (χ0v) is 19.4. The maximum atomic E-state index is 13.0. The van der Waals surface area contributed by atoms with Gasteiger partial charge < -0.3 is 14.5 Å². The summed E-state index contributed by atoms with van der Waals surface area (Å²) >= 11 is 0. The van der Waals surface area contributed by atoms with Gasteiger partial charge in [0.2, 0.25) is 0 Å². The van der Waals surface area contributed by atoms with Crippen LogP contribution in [-0.2, 0) is 4.74 Å². The van der Waals surface area contributed by atoms with Gasteiger partial charge in [0.25, 0.3) is 5.91 Å². The summed E-state index contributed by atoms with van der Waals surface area (Å²) < 4.78 is 5.74. The Balaban J connectivity index is 0.927. The molecule has 8 rings (SSSR count). The van der Waals surface area contributed by atoms with E-state index in [2.05, 4.69) is 15.4 Å². The van der Waals surface area contributed by atoms with E-state index in [0.29, 0.717) is 37.3 Å². The Kier molecular flexibility index (Phi) is 4.71. The number of aromatic amines is 1. The van der Waals surface area contributed by atoms with E-state index in [-0.39, 0.29) is 17.9 Å². The van der Waals surface area contributed by atoms with E-state index in [9.17, 15) is 9.59 Å². The van der Waals surface area contributed by atoms with Gasteiger partial charge in [0.1, 0.15) is 11.0 Å². The average molecular weight is 462 g/mol. The highest BCUT2D eigenvalue weighted by Gasteiger charge is 2.48. The SMILES string of the molecule is O=C(c1ccc2n[nH]nc2c1)N1C=C2CN(C(=O)OCCC3C4CC5CC(C4)CC3C5)C[C@@H]2C1. The zero-order chi connectivity index (χ0) is 22.8. The summed E-state index contributed by atoms with van der Waals surface area (Å²) in [7, 11) is 0. The predicted molar refractivity (Wildman–Crippen MR) is 125 cm³/mol. The van der Waals surface area contributed by atoms with Gasteiger partial charge in [-0.15, -0.1) is 0 Å². The molecule has 1 saturated heterocycles. The van der Waals surface area contributed by atoms with Gasteiger partial charge in [0.05, 0.1) is 6.61 Å². The highest BCUT2D eigenvalue weighted by Crippen LogP contribution is 2.57. The van der Waals surface area contributed by atoms with Crippen LogP contribution >= 0.6 is 0 Å². The Hall–Kier alpha value is -2.90. The number of carbonyl (C=O) groups excluding carboxylic acids is 2. The summed E-state index contributed by atoms with van der Waals surface area (Å²) in [5.41, 5.74) is 3.15. The van der Waals surface area contributed by atoms with Gasteiger partial charge >= 0.3 is 6.09 Å². The van der Waals surface area contributed by atoms with Gasteiger partial charge in [0.15, 0.2) is 0 Å². The van der Waals surface area contributed by atoms with Crippen LogP contribution < -0.4 is 0 Å². The molecule has 34 heavy (non-hydrogen) atoms. The molecule has 0 unspecified atom stereocenters. The minimum atomic E-state index is -0.200. The zero-order valence-electron chi connectivity index (χ0n) is 19.4. The van der Waals surface area contributed by atoms with Crippen LogP contribution in [-0.4, -0.2) is 63.5 Å². The molecular weight excluding hydrogens is 430 g/mol. The molecule has 3 heterocycles. The van der Waals surface area contributed by atoms with Crippen molar-refractivity contribution in [2.45, 2.75) is 38.5 Å². The molecule has 1 N–H and O–H groups in total. The second-order valence-corrected chi connectivity index (χ2v) is 11.3. The monoisotopic (exact) mass is 461 g/mol. The van der Waals surface area contributed by atoms with Gasteiger partial charge in [-0.3, -0.25) is 4.79 Å². The number of aromatic nitrogens is 3. The molecule has 4 bridgehead atoms. The van der Waals surface area contributed by atoms with Crippen molar-refractivity contribution in [2.75, 3.05) is 26.2 Å². The fourth-order valence-corrected chi connectivity index (χ4v) is 7.91. The fourth-order valence-electron chi connectivity index (χ4n) is 7.91. The Morgan fingerprint density at radius 3 is 2.53 bits per heavy atom. The smallest absolute Gasteiger partial charge is 0.410 e. The highest BCUT2D eigenvalue weighted by molar-refractivity contribution is 5.98. The molecule has 1 aromatic heterocycles. The molecule has 2 amide bonds. The molecule has 1 atom stereocenters. The number of hydrogen-bond donors (Lipinski definition) is 1. The van der Waals surface area contributed by atoms with Crippen LogP contribution in [0.15, 0.2) is 30.0 Å². The van der Waals surface area contributed by atoms with Crippen LogP contribution in [0.3, 0.4) is 0 Å². The number of nitrogens with one attached hydrogen (secondary N) is 1. The lowest BCUT2D eigenvalue weighted by molar-refractivity contribution is -0.0462. The number of nitrogens with zero attached hydrogens (tertiary/aromatic N) is 4. The van der Waals surface area contributed by atoms with E-state index in [1.165, 1.54) is 32.1 Å². The molecule has 1 aromatic carbocycles. The summed E-state index contributed by atoms with van der Waals surface area (Å²) in [6, 6.07) is 5.35. The first-order chi connectivity index (χ1) is 16.6. The Morgan fingerprint density at radius 1 is 1.00 bits per heavy atom. The Labute approximate surface area is 198 Å². The van der Waals surface area contributed by atoms with Gasteiger partial charge in [-0.2, -0.15) is 15.4 Å². The molecule has 4 saturated carbocycles. The Bertz CT molecular complexity index is 1140. The number of H-pyrrole nitrogens is 1. The van der Waals surface area contributed by atoms with Crippen LogP contribution in [0.4, 0.5) is 4.79 Å². The van der Waals surface area contributed by atoms with Crippen molar-refractivity contribution in [2.24, 2.45) is 35.5 Å². The molecule has 2 aromatic rings. The van der Waals surface area contributed by atoms with E-state index < -0.39 is 0 Å². The minimum Gasteiger partial charge on any atom is -0.449 e. The molecule has 4 aliphatic carbocycles. The fraction of sp³-hybridized carbons (Fsp3) is 0.615. The van der Waals surface area contributed by atoms with Crippen LogP contribution in [0.1, 0.15) is 48.9 Å². The minimum absolute atomic E-state index is 0.0448.